The molecule has 0 aliphatic rings. The summed E-state index contributed by atoms with van der Waals surface area (Å²) in [5, 5.41) is 30.4. The van der Waals surface area contributed by atoms with Crippen molar-refractivity contribution in [2.75, 3.05) is 11.9 Å². The fraction of sp³-hybridized carbons (Fsp3) is 0.250. The predicted molar refractivity (Wildman–Crippen MR) is 96.6 cm³/mol. The molecule has 2 N–H and O–H groups in total. The number of halogens is 2. The van der Waals surface area contributed by atoms with Gasteiger partial charge in [-0.3, -0.25) is 4.79 Å². The Morgan fingerprint density at radius 2 is 1.79 bits per heavy atom. The molecule has 1 amide bonds. The van der Waals surface area contributed by atoms with Crippen molar-refractivity contribution in [1.29, 1.82) is 10.5 Å². The largest absolute Gasteiger partial charge is 0.490 e. The lowest BCUT2D eigenvalue weighted by Gasteiger charge is -2.23. The Hall–Kier alpha value is -3.49. The topological polar surface area (TPSA) is 106 Å². The van der Waals surface area contributed by atoms with Crippen LogP contribution in [0.15, 0.2) is 42.5 Å². The number of aliphatic hydroxyl groups is 1. The van der Waals surface area contributed by atoms with E-state index in [1.165, 1.54) is 43.3 Å². The zero-order valence-corrected chi connectivity index (χ0v) is 15.2. The molecule has 6 nitrogen and oxygen atoms in total. The molecule has 0 radical (unpaired) electrons. The highest BCUT2D eigenvalue weighted by molar-refractivity contribution is 5.97. The van der Waals surface area contributed by atoms with Crippen molar-refractivity contribution in [2.24, 2.45) is 0 Å². The summed E-state index contributed by atoms with van der Waals surface area (Å²) < 4.78 is 32.7. The van der Waals surface area contributed by atoms with Crippen LogP contribution in [0.2, 0.25) is 0 Å². The van der Waals surface area contributed by atoms with E-state index in [0.29, 0.717) is 18.2 Å². The average molecular weight is 385 g/mol. The number of hydrogen-bond acceptors (Lipinski definition) is 5. The first-order valence-corrected chi connectivity index (χ1v) is 8.16. The van der Waals surface area contributed by atoms with Gasteiger partial charge in [-0.2, -0.15) is 10.5 Å². The van der Waals surface area contributed by atoms with Crippen LogP contribution in [0.4, 0.5) is 14.5 Å². The minimum atomic E-state index is -3.27. The quantitative estimate of drug-likeness (QED) is 0.793. The standard InChI is InChI=1S/C20H17F2N3O3/c1-19(27,12-28-16-7-3-13(10-23)4-8-16)18(26)25-15-6-5-14(11-24)17(9-15)20(2,21)22/h3-9,27H,12H2,1-2H3,(H,25,26)/t19-/m0/s1. The Labute approximate surface area is 160 Å². The Morgan fingerprint density at radius 3 is 2.32 bits per heavy atom. The molecule has 0 aliphatic heterocycles. The van der Waals surface area contributed by atoms with Crippen LogP contribution < -0.4 is 10.1 Å². The molecule has 0 unspecified atom stereocenters. The molecule has 0 saturated heterocycles. The van der Waals surface area contributed by atoms with Crippen LogP contribution in [-0.4, -0.2) is 23.2 Å². The van der Waals surface area contributed by atoms with Crippen molar-refractivity contribution >= 4 is 11.6 Å². The molecule has 144 valence electrons. The Bertz CT molecular complexity index is 953. The van der Waals surface area contributed by atoms with E-state index >= 15 is 0 Å². The first-order chi connectivity index (χ1) is 13.1. The number of rotatable bonds is 6. The van der Waals surface area contributed by atoms with E-state index in [4.69, 9.17) is 15.3 Å². The molecular weight excluding hydrogens is 368 g/mol. The summed E-state index contributed by atoms with van der Waals surface area (Å²) in [5.41, 5.74) is -2.25. The van der Waals surface area contributed by atoms with Gasteiger partial charge in [0.25, 0.3) is 11.8 Å². The number of carbonyl (C=O) groups excluding carboxylic acids is 1. The third-order valence-corrected chi connectivity index (χ3v) is 3.86. The van der Waals surface area contributed by atoms with Gasteiger partial charge in [0.1, 0.15) is 12.4 Å². The number of hydrogen-bond donors (Lipinski definition) is 2. The molecule has 1 atom stereocenters. The zero-order chi connectivity index (χ0) is 20.9. The Balaban J connectivity index is 2.10. The lowest BCUT2D eigenvalue weighted by Crippen LogP contribution is -2.45. The minimum Gasteiger partial charge on any atom is -0.490 e. The van der Waals surface area contributed by atoms with Gasteiger partial charge in [0.05, 0.1) is 23.3 Å². The van der Waals surface area contributed by atoms with Gasteiger partial charge in [0.2, 0.25) is 0 Å². The molecule has 2 aromatic carbocycles. The van der Waals surface area contributed by atoms with Crippen LogP contribution in [0.1, 0.15) is 30.5 Å². The molecule has 28 heavy (non-hydrogen) atoms. The normalized spacial score (nSPS) is 13.0. The van der Waals surface area contributed by atoms with Crippen LogP contribution in [0, 0.1) is 22.7 Å². The highest BCUT2D eigenvalue weighted by atomic mass is 19.3. The van der Waals surface area contributed by atoms with Crippen molar-refractivity contribution in [3.8, 4) is 17.9 Å². The van der Waals surface area contributed by atoms with E-state index < -0.39 is 29.6 Å². The maximum atomic E-state index is 13.7. The lowest BCUT2D eigenvalue weighted by atomic mass is 10.0. The lowest BCUT2D eigenvalue weighted by molar-refractivity contribution is -0.135. The first kappa shape index (κ1) is 20.8. The predicted octanol–water partition coefficient (Wildman–Crippen LogP) is 3.31. The molecule has 8 heteroatoms. The second-order valence-electron chi connectivity index (χ2n) is 6.41. The average Bonchev–Trinajstić information content (AvgIpc) is 2.66. The number of nitrogens with one attached hydrogen (secondary N) is 1. The van der Waals surface area contributed by atoms with Gasteiger partial charge in [-0.05, 0) is 49.4 Å². The van der Waals surface area contributed by atoms with Crippen molar-refractivity contribution in [3.05, 3.63) is 59.2 Å². The molecule has 0 saturated carbocycles. The van der Waals surface area contributed by atoms with Gasteiger partial charge in [-0.1, -0.05) is 0 Å². The summed E-state index contributed by atoms with van der Waals surface area (Å²) in [6.07, 6.45) is 0. The highest BCUT2D eigenvalue weighted by Crippen LogP contribution is 2.32. The molecule has 0 bridgehead atoms. The fourth-order valence-electron chi connectivity index (χ4n) is 2.26. The number of carbonyl (C=O) groups is 1. The van der Waals surface area contributed by atoms with Crippen LogP contribution in [0.5, 0.6) is 5.75 Å². The summed E-state index contributed by atoms with van der Waals surface area (Å²) >= 11 is 0. The number of benzene rings is 2. The van der Waals surface area contributed by atoms with Gasteiger partial charge in [-0.15, -0.1) is 0 Å². The van der Waals surface area contributed by atoms with E-state index in [2.05, 4.69) is 5.32 Å². The van der Waals surface area contributed by atoms with Crippen LogP contribution >= 0.6 is 0 Å². The summed E-state index contributed by atoms with van der Waals surface area (Å²) in [7, 11) is 0. The highest BCUT2D eigenvalue weighted by Gasteiger charge is 2.33. The number of nitriles is 2. The number of nitrogens with zero attached hydrogens (tertiary/aromatic N) is 2. The minimum absolute atomic E-state index is 0.0131. The van der Waals surface area contributed by atoms with Crippen LogP contribution in [0.25, 0.3) is 0 Å². The van der Waals surface area contributed by atoms with E-state index in [1.54, 1.807) is 6.07 Å². The second kappa shape index (κ2) is 8.03. The van der Waals surface area contributed by atoms with E-state index in [0.717, 1.165) is 6.07 Å². The van der Waals surface area contributed by atoms with Crippen molar-refractivity contribution in [3.63, 3.8) is 0 Å². The molecule has 0 heterocycles. The van der Waals surface area contributed by atoms with Crippen molar-refractivity contribution in [1.82, 2.24) is 0 Å². The molecule has 0 fully saturated rings. The molecule has 0 aliphatic carbocycles. The molecule has 0 spiro atoms. The Morgan fingerprint density at radius 1 is 1.14 bits per heavy atom. The van der Waals surface area contributed by atoms with E-state index in [-0.39, 0.29) is 11.3 Å². The zero-order valence-electron chi connectivity index (χ0n) is 15.2. The first-order valence-electron chi connectivity index (χ1n) is 8.16. The molecule has 2 aromatic rings. The van der Waals surface area contributed by atoms with Gasteiger partial charge in [0, 0.05) is 18.2 Å². The molecular formula is C20H17F2N3O3. The SMILES string of the molecule is CC(F)(F)c1cc(NC(=O)[C@@](C)(O)COc2ccc(C#N)cc2)ccc1C#N. The summed E-state index contributed by atoms with van der Waals surface area (Å²) in [4.78, 5) is 12.3. The van der Waals surface area contributed by atoms with Gasteiger partial charge < -0.3 is 15.2 Å². The van der Waals surface area contributed by atoms with E-state index in [9.17, 15) is 18.7 Å². The van der Waals surface area contributed by atoms with E-state index in [1.807, 2.05) is 6.07 Å². The fourth-order valence-corrected chi connectivity index (χ4v) is 2.26. The van der Waals surface area contributed by atoms with Gasteiger partial charge in [-0.25, -0.2) is 8.78 Å². The third kappa shape index (κ3) is 5.03. The number of alkyl halides is 2. The van der Waals surface area contributed by atoms with Gasteiger partial charge in [0.15, 0.2) is 5.60 Å². The summed E-state index contributed by atoms with van der Waals surface area (Å²) in [6.45, 7) is 1.46. The van der Waals surface area contributed by atoms with Gasteiger partial charge >= 0.3 is 0 Å². The van der Waals surface area contributed by atoms with Crippen LogP contribution in [0.3, 0.4) is 0 Å². The molecule has 2 rings (SSSR count). The summed E-state index contributed by atoms with van der Waals surface area (Å²) in [6, 6.07) is 13.2. The van der Waals surface area contributed by atoms with Crippen molar-refractivity contribution < 1.29 is 23.4 Å². The third-order valence-electron chi connectivity index (χ3n) is 3.86. The summed E-state index contributed by atoms with van der Waals surface area (Å²) in [5.74, 6) is -3.79. The second-order valence-corrected chi connectivity index (χ2v) is 6.41. The Kier molecular flexibility index (Phi) is 5.97. The number of amides is 1. The maximum absolute atomic E-state index is 13.7. The maximum Gasteiger partial charge on any atom is 0.271 e. The number of anilines is 1. The number of ether oxygens (including phenoxy) is 1. The van der Waals surface area contributed by atoms with Crippen LogP contribution in [-0.2, 0) is 10.7 Å². The monoisotopic (exact) mass is 385 g/mol. The van der Waals surface area contributed by atoms with Crippen molar-refractivity contribution in [2.45, 2.75) is 25.4 Å². The smallest absolute Gasteiger partial charge is 0.271 e. The molecule has 0 aromatic heterocycles.